The molecule has 2 aromatic rings. The van der Waals surface area contributed by atoms with E-state index in [2.05, 4.69) is 24.0 Å². The summed E-state index contributed by atoms with van der Waals surface area (Å²) in [6.45, 7) is 3.55. The molecule has 0 fully saturated rings. The first-order valence-electron chi connectivity index (χ1n) is 6.54. The highest BCUT2D eigenvalue weighted by Gasteiger charge is 2.20. The number of halogens is 1. The van der Waals surface area contributed by atoms with Crippen molar-refractivity contribution in [3.63, 3.8) is 0 Å². The molecule has 2 rings (SSSR count). The van der Waals surface area contributed by atoms with Gasteiger partial charge in [-0.15, -0.1) is 0 Å². The minimum atomic E-state index is 0.0982. The van der Waals surface area contributed by atoms with E-state index in [9.17, 15) is 0 Å². The van der Waals surface area contributed by atoms with Gasteiger partial charge in [-0.05, 0) is 30.7 Å². The van der Waals surface area contributed by atoms with E-state index in [0.29, 0.717) is 6.54 Å². The molecule has 19 heavy (non-hydrogen) atoms. The average molecular weight is 275 g/mol. The van der Waals surface area contributed by atoms with E-state index in [1.807, 2.05) is 42.5 Å². The van der Waals surface area contributed by atoms with Crippen LogP contribution in [0.3, 0.4) is 0 Å². The maximum absolute atomic E-state index is 6.30. The number of hydrogen-bond acceptors (Lipinski definition) is 2. The van der Waals surface area contributed by atoms with Gasteiger partial charge in [-0.2, -0.15) is 0 Å². The Hall–Kier alpha value is -1.51. The molecule has 2 aromatic carbocycles. The van der Waals surface area contributed by atoms with Crippen LogP contribution in [0.15, 0.2) is 54.6 Å². The molecule has 0 saturated heterocycles. The summed E-state index contributed by atoms with van der Waals surface area (Å²) in [7, 11) is 0. The maximum Gasteiger partial charge on any atom is 0.0679 e. The highest BCUT2D eigenvalue weighted by Crippen LogP contribution is 2.30. The topological polar surface area (TPSA) is 29.3 Å². The zero-order valence-corrected chi connectivity index (χ0v) is 11.8. The monoisotopic (exact) mass is 274 g/mol. The van der Waals surface area contributed by atoms with Gasteiger partial charge in [0.15, 0.2) is 0 Å². The summed E-state index contributed by atoms with van der Waals surface area (Å²) < 4.78 is 0. The van der Waals surface area contributed by atoms with Gasteiger partial charge in [-0.1, -0.05) is 48.0 Å². The average Bonchev–Trinajstić information content (AvgIpc) is 2.46. The van der Waals surface area contributed by atoms with Crippen molar-refractivity contribution < 1.29 is 0 Å². The fraction of sp³-hybridized carbons (Fsp3) is 0.250. The Labute approximate surface area is 119 Å². The van der Waals surface area contributed by atoms with Crippen LogP contribution in [-0.2, 0) is 0 Å². The molecule has 0 amide bonds. The second kappa shape index (κ2) is 6.60. The molecule has 2 nitrogen and oxygen atoms in total. The van der Waals surface area contributed by atoms with E-state index in [1.54, 1.807) is 0 Å². The van der Waals surface area contributed by atoms with Crippen LogP contribution < -0.4 is 10.6 Å². The predicted molar refractivity (Wildman–Crippen MR) is 82.7 cm³/mol. The molecular weight excluding hydrogens is 256 g/mol. The summed E-state index contributed by atoms with van der Waals surface area (Å²) in [4.78, 5) is 2.28. The van der Waals surface area contributed by atoms with E-state index in [1.165, 1.54) is 5.69 Å². The first-order valence-corrected chi connectivity index (χ1v) is 6.92. The number of benzene rings is 2. The Bertz CT molecular complexity index is 513. The van der Waals surface area contributed by atoms with E-state index >= 15 is 0 Å². The highest BCUT2D eigenvalue weighted by molar-refractivity contribution is 6.31. The van der Waals surface area contributed by atoms with Gasteiger partial charge in [-0.25, -0.2) is 0 Å². The molecule has 0 radical (unpaired) electrons. The van der Waals surface area contributed by atoms with Crippen molar-refractivity contribution in [2.45, 2.75) is 13.0 Å². The summed E-state index contributed by atoms with van der Waals surface area (Å²) in [5.74, 6) is 0. The fourth-order valence-electron chi connectivity index (χ4n) is 2.37. The Morgan fingerprint density at radius 1 is 1.05 bits per heavy atom. The number of rotatable bonds is 5. The summed E-state index contributed by atoms with van der Waals surface area (Å²) in [5, 5.41) is 0.771. The molecule has 1 unspecified atom stereocenters. The third-order valence-corrected chi connectivity index (χ3v) is 3.64. The van der Waals surface area contributed by atoms with Crippen molar-refractivity contribution >= 4 is 17.3 Å². The maximum atomic E-state index is 6.30. The van der Waals surface area contributed by atoms with E-state index in [4.69, 9.17) is 17.3 Å². The van der Waals surface area contributed by atoms with E-state index < -0.39 is 0 Å². The number of hydrogen-bond donors (Lipinski definition) is 1. The SMILES string of the molecule is CCN(c1ccccc1)C(CN)c1ccccc1Cl. The van der Waals surface area contributed by atoms with Gasteiger partial charge >= 0.3 is 0 Å². The van der Waals surface area contributed by atoms with Gasteiger partial charge < -0.3 is 10.6 Å². The summed E-state index contributed by atoms with van der Waals surface area (Å²) in [6, 6.07) is 18.3. The van der Waals surface area contributed by atoms with Crippen LogP contribution in [0, 0.1) is 0 Å². The molecule has 0 aliphatic carbocycles. The largest absolute Gasteiger partial charge is 0.363 e. The second-order valence-electron chi connectivity index (χ2n) is 4.39. The first-order chi connectivity index (χ1) is 9.27. The molecule has 2 N–H and O–H groups in total. The zero-order valence-electron chi connectivity index (χ0n) is 11.1. The van der Waals surface area contributed by atoms with Crippen LogP contribution >= 0.6 is 11.6 Å². The summed E-state index contributed by atoms with van der Waals surface area (Å²) in [6.07, 6.45) is 0. The lowest BCUT2D eigenvalue weighted by atomic mass is 10.0. The Kier molecular flexibility index (Phi) is 4.83. The molecule has 100 valence electrons. The molecular formula is C16H19ClN2. The lowest BCUT2D eigenvalue weighted by Crippen LogP contribution is -2.33. The molecule has 0 saturated carbocycles. The Balaban J connectivity index is 2.38. The minimum absolute atomic E-state index is 0.0982. The molecule has 0 heterocycles. The summed E-state index contributed by atoms with van der Waals surface area (Å²) in [5.41, 5.74) is 8.24. The molecule has 0 aliphatic heterocycles. The normalized spacial score (nSPS) is 12.2. The third kappa shape index (κ3) is 3.09. The standard InChI is InChI=1S/C16H19ClN2/c1-2-19(13-8-4-3-5-9-13)16(12-18)14-10-6-7-11-15(14)17/h3-11,16H,2,12,18H2,1H3. The van der Waals surface area contributed by atoms with Gasteiger partial charge in [0.2, 0.25) is 0 Å². The summed E-state index contributed by atoms with van der Waals surface area (Å²) >= 11 is 6.30. The predicted octanol–water partition coefficient (Wildman–Crippen LogP) is 3.87. The molecule has 0 bridgehead atoms. The molecule has 0 spiro atoms. The number of likely N-dealkylation sites (N-methyl/N-ethyl adjacent to an activating group) is 1. The number of anilines is 1. The lowest BCUT2D eigenvalue weighted by Gasteiger charge is -2.33. The van der Waals surface area contributed by atoms with Crippen molar-refractivity contribution in [1.82, 2.24) is 0 Å². The highest BCUT2D eigenvalue weighted by atomic mass is 35.5. The Morgan fingerprint density at radius 3 is 2.26 bits per heavy atom. The van der Waals surface area contributed by atoms with Gasteiger partial charge in [0.05, 0.1) is 6.04 Å². The molecule has 0 aliphatic rings. The lowest BCUT2D eigenvalue weighted by molar-refractivity contribution is 0.643. The van der Waals surface area contributed by atoms with Gasteiger partial charge in [0.1, 0.15) is 0 Å². The van der Waals surface area contributed by atoms with Crippen molar-refractivity contribution in [2.75, 3.05) is 18.0 Å². The molecule has 1 atom stereocenters. The van der Waals surface area contributed by atoms with Crippen molar-refractivity contribution in [2.24, 2.45) is 5.73 Å². The van der Waals surface area contributed by atoms with E-state index in [0.717, 1.165) is 17.1 Å². The number of nitrogens with zero attached hydrogens (tertiary/aromatic N) is 1. The van der Waals surface area contributed by atoms with Crippen LogP contribution in [0.4, 0.5) is 5.69 Å². The van der Waals surface area contributed by atoms with Crippen LogP contribution in [0.25, 0.3) is 0 Å². The third-order valence-electron chi connectivity index (χ3n) is 3.29. The van der Waals surface area contributed by atoms with Crippen LogP contribution in [0.5, 0.6) is 0 Å². The quantitative estimate of drug-likeness (QED) is 0.897. The zero-order chi connectivity index (χ0) is 13.7. The van der Waals surface area contributed by atoms with Crippen molar-refractivity contribution in [1.29, 1.82) is 0 Å². The number of nitrogens with two attached hydrogens (primary N) is 1. The van der Waals surface area contributed by atoms with Crippen LogP contribution in [0.1, 0.15) is 18.5 Å². The van der Waals surface area contributed by atoms with Gasteiger partial charge in [-0.3, -0.25) is 0 Å². The minimum Gasteiger partial charge on any atom is -0.363 e. The fourth-order valence-corrected chi connectivity index (χ4v) is 2.63. The van der Waals surface area contributed by atoms with E-state index in [-0.39, 0.29) is 6.04 Å². The van der Waals surface area contributed by atoms with Crippen molar-refractivity contribution in [3.05, 3.63) is 65.2 Å². The Morgan fingerprint density at radius 2 is 1.68 bits per heavy atom. The van der Waals surface area contributed by atoms with Crippen LogP contribution in [-0.4, -0.2) is 13.1 Å². The van der Waals surface area contributed by atoms with Crippen molar-refractivity contribution in [3.8, 4) is 0 Å². The number of para-hydroxylation sites is 1. The van der Waals surface area contributed by atoms with Crippen LogP contribution in [0.2, 0.25) is 5.02 Å². The first kappa shape index (κ1) is 13.9. The molecule has 3 heteroatoms. The van der Waals surface area contributed by atoms with Gasteiger partial charge in [0, 0.05) is 23.8 Å². The smallest absolute Gasteiger partial charge is 0.0679 e. The molecule has 0 aromatic heterocycles. The van der Waals surface area contributed by atoms with Gasteiger partial charge in [0.25, 0.3) is 0 Å². The second-order valence-corrected chi connectivity index (χ2v) is 4.80.